The first kappa shape index (κ1) is 17.7. The molecule has 0 bridgehead atoms. The topological polar surface area (TPSA) is 82.8 Å². The lowest BCUT2D eigenvalue weighted by molar-refractivity contribution is -0.140. The number of hydrogen-bond donors (Lipinski definition) is 0. The van der Waals surface area contributed by atoms with Crippen LogP contribution in [0.4, 0.5) is 5.95 Å². The fourth-order valence-electron chi connectivity index (χ4n) is 3.89. The van der Waals surface area contributed by atoms with E-state index in [0.717, 1.165) is 24.9 Å². The SMILES string of the molecule is CN(C)c1noc(CN2CCC[C@H]3C(=O)N(Cc4ccccc4)C(=O)[C@H]32)n1. The summed E-state index contributed by atoms with van der Waals surface area (Å²) in [4.78, 5) is 35.4. The van der Waals surface area contributed by atoms with Gasteiger partial charge in [0.1, 0.15) is 6.04 Å². The maximum atomic E-state index is 13.1. The Hall–Kier alpha value is -2.74. The van der Waals surface area contributed by atoms with E-state index in [2.05, 4.69) is 10.1 Å². The molecular weight excluding hydrogens is 346 g/mol. The molecule has 0 N–H and O–H groups in total. The van der Waals surface area contributed by atoms with Crippen LogP contribution in [-0.2, 0) is 22.7 Å². The van der Waals surface area contributed by atoms with Crippen LogP contribution in [0.15, 0.2) is 34.9 Å². The summed E-state index contributed by atoms with van der Waals surface area (Å²) < 4.78 is 5.31. The molecule has 0 radical (unpaired) electrons. The molecule has 8 heteroatoms. The molecule has 2 saturated heterocycles. The van der Waals surface area contributed by atoms with E-state index < -0.39 is 6.04 Å². The Kier molecular flexibility index (Phi) is 4.65. The van der Waals surface area contributed by atoms with Crippen LogP contribution in [0.2, 0.25) is 0 Å². The van der Waals surface area contributed by atoms with Gasteiger partial charge in [-0.25, -0.2) is 0 Å². The van der Waals surface area contributed by atoms with E-state index in [9.17, 15) is 9.59 Å². The van der Waals surface area contributed by atoms with Gasteiger partial charge in [0.2, 0.25) is 17.7 Å². The van der Waals surface area contributed by atoms with E-state index in [-0.39, 0.29) is 17.7 Å². The number of likely N-dealkylation sites (tertiary alicyclic amines) is 2. The van der Waals surface area contributed by atoms with Crippen LogP contribution in [0, 0.1) is 5.92 Å². The van der Waals surface area contributed by atoms with E-state index in [0.29, 0.717) is 24.9 Å². The molecule has 0 spiro atoms. The zero-order valence-electron chi connectivity index (χ0n) is 15.5. The van der Waals surface area contributed by atoms with Gasteiger partial charge in [0.25, 0.3) is 5.95 Å². The van der Waals surface area contributed by atoms with Crippen molar-refractivity contribution in [2.24, 2.45) is 5.92 Å². The normalized spacial score (nSPS) is 23.0. The van der Waals surface area contributed by atoms with Crippen molar-refractivity contribution in [1.82, 2.24) is 19.9 Å². The van der Waals surface area contributed by atoms with E-state index in [1.807, 2.05) is 49.3 Å². The van der Waals surface area contributed by atoms with Crippen LogP contribution < -0.4 is 4.90 Å². The highest BCUT2D eigenvalue weighted by molar-refractivity contribution is 6.07. The Labute approximate surface area is 157 Å². The van der Waals surface area contributed by atoms with Crippen LogP contribution in [0.1, 0.15) is 24.3 Å². The molecule has 0 unspecified atom stereocenters. The molecule has 2 atom stereocenters. The summed E-state index contributed by atoms with van der Waals surface area (Å²) in [6.45, 7) is 1.43. The number of rotatable bonds is 5. The molecule has 2 amide bonds. The number of carbonyl (C=O) groups is 2. The first-order valence-electron chi connectivity index (χ1n) is 9.17. The summed E-state index contributed by atoms with van der Waals surface area (Å²) in [5.41, 5.74) is 0.955. The number of amides is 2. The largest absolute Gasteiger partial charge is 0.344 e. The molecule has 8 nitrogen and oxygen atoms in total. The fourth-order valence-corrected chi connectivity index (χ4v) is 3.89. The number of fused-ring (bicyclic) bond motifs is 1. The zero-order valence-corrected chi connectivity index (χ0v) is 15.5. The maximum absolute atomic E-state index is 13.1. The van der Waals surface area contributed by atoms with Gasteiger partial charge in [-0.15, -0.1) is 0 Å². The number of nitrogens with zero attached hydrogens (tertiary/aromatic N) is 5. The number of piperidine rings is 1. The number of hydrogen-bond acceptors (Lipinski definition) is 7. The molecule has 4 rings (SSSR count). The minimum atomic E-state index is -0.440. The predicted octanol–water partition coefficient (Wildman–Crippen LogP) is 1.29. The number of anilines is 1. The van der Waals surface area contributed by atoms with Crippen molar-refractivity contribution in [3.8, 4) is 0 Å². The summed E-state index contributed by atoms with van der Waals surface area (Å²) in [5, 5.41) is 3.92. The molecule has 2 aromatic rings. The van der Waals surface area contributed by atoms with E-state index >= 15 is 0 Å². The lowest BCUT2D eigenvalue weighted by Crippen LogP contribution is -2.47. The van der Waals surface area contributed by atoms with Gasteiger partial charge in [0.05, 0.1) is 19.0 Å². The van der Waals surface area contributed by atoms with Crippen molar-refractivity contribution in [3.63, 3.8) is 0 Å². The summed E-state index contributed by atoms with van der Waals surface area (Å²) in [6.07, 6.45) is 1.61. The lowest BCUT2D eigenvalue weighted by atomic mass is 9.91. The van der Waals surface area contributed by atoms with Gasteiger partial charge in [-0.05, 0) is 30.1 Å². The second-order valence-corrected chi connectivity index (χ2v) is 7.29. The number of imide groups is 1. The van der Waals surface area contributed by atoms with E-state index in [4.69, 9.17) is 4.52 Å². The molecule has 3 heterocycles. The van der Waals surface area contributed by atoms with Crippen LogP contribution in [0.3, 0.4) is 0 Å². The van der Waals surface area contributed by atoms with Crippen molar-refractivity contribution >= 4 is 17.8 Å². The van der Waals surface area contributed by atoms with Gasteiger partial charge in [-0.3, -0.25) is 19.4 Å². The molecular formula is C19H23N5O3. The average Bonchev–Trinajstić information content (AvgIpc) is 3.23. The Bertz CT molecular complexity index is 835. The number of carbonyl (C=O) groups excluding carboxylic acids is 2. The van der Waals surface area contributed by atoms with Crippen molar-refractivity contribution < 1.29 is 14.1 Å². The molecule has 0 aliphatic carbocycles. The van der Waals surface area contributed by atoms with Crippen LogP contribution >= 0.6 is 0 Å². The predicted molar refractivity (Wildman–Crippen MR) is 97.5 cm³/mol. The monoisotopic (exact) mass is 369 g/mol. The van der Waals surface area contributed by atoms with Gasteiger partial charge in [-0.1, -0.05) is 30.3 Å². The number of benzene rings is 1. The Balaban J connectivity index is 1.52. The lowest BCUT2D eigenvalue weighted by Gasteiger charge is -2.33. The highest BCUT2D eigenvalue weighted by Crippen LogP contribution is 2.34. The molecule has 1 aromatic heterocycles. The van der Waals surface area contributed by atoms with Crippen molar-refractivity contribution in [2.75, 3.05) is 25.5 Å². The minimum Gasteiger partial charge on any atom is -0.344 e. The van der Waals surface area contributed by atoms with Gasteiger partial charge < -0.3 is 9.42 Å². The Morgan fingerprint density at radius 1 is 1.15 bits per heavy atom. The first-order valence-corrected chi connectivity index (χ1v) is 9.17. The Morgan fingerprint density at radius 3 is 2.63 bits per heavy atom. The number of aromatic nitrogens is 2. The maximum Gasteiger partial charge on any atom is 0.265 e. The van der Waals surface area contributed by atoms with Crippen molar-refractivity contribution in [3.05, 3.63) is 41.8 Å². The van der Waals surface area contributed by atoms with Gasteiger partial charge in [0, 0.05) is 14.1 Å². The minimum absolute atomic E-state index is 0.0712. The third kappa shape index (κ3) is 3.32. The van der Waals surface area contributed by atoms with Crippen LogP contribution in [0.25, 0.3) is 0 Å². The van der Waals surface area contributed by atoms with Crippen LogP contribution in [-0.4, -0.2) is 58.4 Å². The summed E-state index contributed by atoms with van der Waals surface area (Å²) in [6, 6.07) is 9.17. The standard InChI is InChI=1S/C19H23N5O3/c1-22(2)19-20-15(27-21-19)12-23-10-6-9-14-16(23)18(26)24(17(14)25)11-13-7-4-3-5-8-13/h3-5,7-8,14,16H,6,9-12H2,1-2H3/t14-,16+/m1/s1. The quantitative estimate of drug-likeness (QED) is 0.734. The molecule has 27 heavy (non-hydrogen) atoms. The molecule has 1 aromatic carbocycles. The van der Waals surface area contributed by atoms with Gasteiger partial charge >= 0.3 is 0 Å². The molecule has 142 valence electrons. The zero-order chi connectivity index (χ0) is 19.0. The molecule has 0 saturated carbocycles. The van der Waals surface area contributed by atoms with Gasteiger partial charge in [0.15, 0.2) is 0 Å². The second kappa shape index (κ2) is 7.11. The fraction of sp³-hybridized carbons (Fsp3) is 0.474. The van der Waals surface area contributed by atoms with Crippen LogP contribution in [0.5, 0.6) is 0 Å². The Morgan fingerprint density at radius 2 is 1.93 bits per heavy atom. The average molecular weight is 369 g/mol. The first-order chi connectivity index (χ1) is 13.0. The van der Waals surface area contributed by atoms with Crippen molar-refractivity contribution in [2.45, 2.75) is 32.0 Å². The summed E-state index contributed by atoms with van der Waals surface area (Å²) in [5.74, 6) is 0.476. The highest BCUT2D eigenvalue weighted by atomic mass is 16.5. The third-order valence-electron chi connectivity index (χ3n) is 5.22. The third-order valence-corrected chi connectivity index (χ3v) is 5.22. The van der Waals surface area contributed by atoms with E-state index in [1.54, 1.807) is 4.90 Å². The second-order valence-electron chi connectivity index (χ2n) is 7.29. The van der Waals surface area contributed by atoms with Gasteiger partial charge in [-0.2, -0.15) is 4.98 Å². The summed E-state index contributed by atoms with van der Waals surface area (Å²) in [7, 11) is 3.68. The molecule has 2 aliphatic heterocycles. The summed E-state index contributed by atoms with van der Waals surface area (Å²) >= 11 is 0. The van der Waals surface area contributed by atoms with E-state index in [1.165, 1.54) is 4.90 Å². The molecule has 2 fully saturated rings. The smallest absolute Gasteiger partial charge is 0.265 e. The van der Waals surface area contributed by atoms with Crippen molar-refractivity contribution in [1.29, 1.82) is 0 Å². The molecule has 2 aliphatic rings. The highest BCUT2D eigenvalue weighted by Gasteiger charge is 2.51.